The van der Waals surface area contributed by atoms with Crippen molar-refractivity contribution >= 4 is 0 Å². The van der Waals surface area contributed by atoms with Crippen LogP contribution < -0.4 is 32.4 Å². The van der Waals surface area contributed by atoms with Crippen molar-refractivity contribution < 1.29 is 20.9 Å². The minimum absolute atomic E-state index is 0.0395. The van der Waals surface area contributed by atoms with E-state index in [4.69, 9.17) is 20.9 Å². The van der Waals surface area contributed by atoms with Crippen LogP contribution in [0.3, 0.4) is 0 Å². The normalized spacial score (nSPS) is 11.0. The molecule has 0 amide bonds. The Balaban J connectivity index is 1.67. The Bertz CT molecular complexity index is 529. The van der Waals surface area contributed by atoms with E-state index in [-0.39, 0.29) is 6.17 Å². The van der Waals surface area contributed by atoms with E-state index in [1.807, 2.05) is 48.5 Å². The van der Waals surface area contributed by atoms with Crippen molar-refractivity contribution in [3.05, 3.63) is 59.7 Å². The van der Waals surface area contributed by atoms with E-state index in [0.29, 0.717) is 13.2 Å². The van der Waals surface area contributed by atoms with Crippen molar-refractivity contribution in [1.29, 1.82) is 0 Å². The molecule has 0 aliphatic carbocycles. The molecule has 0 bridgehead atoms. The lowest BCUT2D eigenvalue weighted by Gasteiger charge is -2.10. The predicted molar refractivity (Wildman–Crippen MR) is 88.1 cm³/mol. The molecule has 0 unspecified atom stereocenters. The molecule has 10 N–H and O–H groups in total. The lowest BCUT2D eigenvalue weighted by molar-refractivity contribution is -0.668. The smallest absolute Gasteiger partial charge is 0.233 e. The van der Waals surface area contributed by atoms with Crippen molar-refractivity contribution in [3.63, 3.8) is 0 Å². The van der Waals surface area contributed by atoms with E-state index >= 15 is 0 Å². The molecule has 2 aromatic carbocycles. The molecule has 2 rings (SSSR count). The highest BCUT2D eigenvalue weighted by molar-refractivity contribution is 5.29. The molecule has 0 fully saturated rings. The highest BCUT2D eigenvalue weighted by Crippen LogP contribution is 2.15. The highest BCUT2D eigenvalue weighted by atomic mass is 16.5. The second-order valence-corrected chi connectivity index (χ2v) is 5.41. The maximum absolute atomic E-state index is 5.68. The van der Waals surface area contributed by atoms with Gasteiger partial charge in [-0.15, -0.1) is 0 Å². The lowest BCUT2D eigenvalue weighted by atomic mass is 10.2. The van der Waals surface area contributed by atoms with Gasteiger partial charge in [0.2, 0.25) is 6.17 Å². The Morgan fingerprint density at radius 2 is 1.17 bits per heavy atom. The second-order valence-electron chi connectivity index (χ2n) is 5.41. The van der Waals surface area contributed by atoms with E-state index in [0.717, 1.165) is 29.0 Å². The van der Waals surface area contributed by atoms with Crippen LogP contribution in [0.15, 0.2) is 48.5 Å². The maximum atomic E-state index is 5.68. The first-order valence-corrected chi connectivity index (χ1v) is 7.69. The molecule has 0 atom stereocenters. The van der Waals surface area contributed by atoms with Gasteiger partial charge in [0.25, 0.3) is 0 Å². The van der Waals surface area contributed by atoms with E-state index in [9.17, 15) is 0 Å². The zero-order valence-electron chi connectivity index (χ0n) is 13.3. The molecule has 0 saturated carbocycles. The van der Waals surface area contributed by atoms with E-state index < -0.39 is 6.17 Å². The summed E-state index contributed by atoms with van der Waals surface area (Å²) in [6.07, 6.45) is 0.386. The number of quaternary nitrogens is 2. The fourth-order valence-corrected chi connectivity index (χ4v) is 2.06. The quantitative estimate of drug-likeness (QED) is 0.401. The Hall–Kier alpha value is -2.12. The molecule has 0 aliphatic rings. The van der Waals surface area contributed by atoms with Gasteiger partial charge in [-0.1, -0.05) is 12.1 Å². The zero-order chi connectivity index (χ0) is 16.7. The molecular formula is C17H26N4O2+2. The van der Waals surface area contributed by atoms with Crippen LogP contribution in [0.2, 0.25) is 0 Å². The third kappa shape index (κ3) is 5.54. The zero-order valence-corrected chi connectivity index (χ0v) is 13.3. The Labute approximate surface area is 136 Å². The number of ether oxygens (including phenoxy) is 2. The molecule has 6 nitrogen and oxygen atoms in total. The molecule has 0 saturated heterocycles. The number of nitrogens with two attached hydrogens (primary N) is 2. The molecule has 0 heterocycles. The van der Waals surface area contributed by atoms with Crippen LogP contribution in [-0.2, 0) is 0 Å². The summed E-state index contributed by atoms with van der Waals surface area (Å²) in [5.41, 5.74) is 21.0. The monoisotopic (exact) mass is 318 g/mol. The Morgan fingerprint density at radius 1 is 0.739 bits per heavy atom. The van der Waals surface area contributed by atoms with Gasteiger partial charge in [0.1, 0.15) is 11.5 Å². The van der Waals surface area contributed by atoms with E-state index in [1.165, 1.54) is 0 Å². The predicted octanol–water partition coefficient (Wildman–Crippen LogP) is -0.0671. The molecule has 0 aliphatic heterocycles. The van der Waals surface area contributed by atoms with Crippen LogP contribution in [0.1, 0.15) is 29.9 Å². The van der Waals surface area contributed by atoms with Crippen LogP contribution in [-0.4, -0.2) is 13.2 Å². The average molecular weight is 318 g/mol. The van der Waals surface area contributed by atoms with E-state index in [2.05, 4.69) is 11.5 Å². The van der Waals surface area contributed by atoms with Crippen LogP contribution >= 0.6 is 0 Å². The summed E-state index contributed by atoms with van der Waals surface area (Å²) in [5.74, 6) is 1.64. The van der Waals surface area contributed by atoms with Gasteiger partial charge in [0.05, 0.1) is 24.9 Å². The summed E-state index contributed by atoms with van der Waals surface area (Å²) in [5, 5.41) is 0. The van der Waals surface area contributed by atoms with Crippen molar-refractivity contribution in [2.75, 3.05) is 13.2 Å². The van der Waals surface area contributed by atoms with Gasteiger partial charge in [0.15, 0.2) is 0 Å². The SMILES string of the molecule is NC(N)c1ccc(OCCCOc2ccc(C([NH3+])[NH3+])cc2)cc1. The van der Waals surface area contributed by atoms with Crippen LogP contribution in [0.5, 0.6) is 11.5 Å². The standard InChI is InChI=1S/C17H24N4O2/c18-16(19)12-2-6-14(7-3-12)22-10-1-11-23-15-8-4-13(5-9-15)17(20)21/h2-9,16-17H,1,10-11,18-21H2/p+2. The van der Waals surface area contributed by atoms with Crippen LogP contribution in [0.4, 0.5) is 0 Å². The summed E-state index contributed by atoms with van der Waals surface area (Å²) < 4.78 is 11.3. The summed E-state index contributed by atoms with van der Waals surface area (Å²) >= 11 is 0. The first-order valence-electron chi connectivity index (χ1n) is 7.69. The fraction of sp³-hybridized carbons (Fsp3) is 0.294. The van der Waals surface area contributed by atoms with Gasteiger partial charge < -0.3 is 32.4 Å². The van der Waals surface area contributed by atoms with Gasteiger partial charge in [0, 0.05) is 6.42 Å². The Kier molecular flexibility index (Phi) is 6.37. The molecule has 0 radical (unpaired) electrons. The largest absolute Gasteiger partial charge is 0.493 e. The maximum Gasteiger partial charge on any atom is 0.233 e. The minimum Gasteiger partial charge on any atom is -0.493 e. The summed E-state index contributed by atoms with van der Waals surface area (Å²) in [4.78, 5) is 0. The fourth-order valence-electron chi connectivity index (χ4n) is 2.06. The van der Waals surface area contributed by atoms with E-state index in [1.54, 1.807) is 0 Å². The summed E-state index contributed by atoms with van der Waals surface area (Å²) in [7, 11) is 0. The number of hydrogen-bond donors (Lipinski definition) is 4. The lowest BCUT2D eigenvalue weighted by Crippen LogP contribution is -2.76. The van der Waals surface area contributed by atoms with Gasteiger partial charge in [-0.2, -0.15) is 0 Å². The summed E-state index contributed by atoms with van der Waals surface area (Å²) in [6.45, 7) is 1.19. The second kappa shape index (κ2) is 8.50. The average Bonchev–Trinajstić information content (AvgIpc) is 2.55. The van der Waals surface area contributed by atoms with Gasteiger partial charge in [-0.3, -0.25) is 0 Å². The first-order chi connectivity index (χ1) is 11.1. The first kappa shape index (κ1) is 17.2. The van der Waals surface area contributed by atoms with Gasteiger partial charge in [-0.05, 0) is 42.0 Å². The number of benzene rings is 2. The molecular weight excluding hydrogens is 292 g/mol. The topological polar surface area (TPSA) is 126 Å². The summed E-state index contributed by atoms with van der Waals surface area (Å²) in [6, 6.07) is 15.3. The molecule has 23 heavy (non-hydrogen) atoms. The van der Waals surface area contributed by atoms with Crippen molar-refractivity contribution in [3.8, 4) is 11.5 Å². The molecule has 2 aromatic rings. The van der Waals surface area contributed by atoms with Crippen molar-refractivity contribution in [2.24, 2.45) is 11.5 Å². The third-order valence-corrected chi connectivity index (χ3v) is 3.44. The molecule has 6 heteroatoms. The number of hydrogen-bond acceptors (Lipinski definition) is 4. The van der Waals surface area contributed by atoms with Crippen LogP contribution in [0.25, 0.3) is 0 Å². The Morgan fingerprint density at radius 3 is 1.57 bits per heavy atom. The molecule has 0 aromatic heterocycles. The highest BCUT2D eigenvalue weighted by Gasteiger charge is 2.05. The number of rotatable bonds is 8. The molecule has 0 spiro atoms. The molecule has 124 valence electrons. The third-order valence-electron chi connectivity index (χ3n) is 3.44. The van der Waals surface area contributed by atoms with Crippen molar-refractivity contribution in [2.45, 2.75) is 18.8 Å². The van der Waals surface area contributed by atoms with Gasteiger partial charge >= 0.3 is 0 Å². The minimum atomic E-state index is -0.453. The van der Waals surface area contributed by atoms with Gasteiger partial charge in [-0.25, -0.2) is 0 Å². The van der Waals surface area contributed by atoms with Crippen LogP contribution in [0, 0.1) is 0 Å². The van der Waals surface area contributed by atoms with Crippen molar-refractivity contribution in [1.82, 2.24) is 0 Å².